The quantitative estimate of drug-likeness (QED) is 0.288. The van der Waals surface area contributed by atoms with Crippen LogP contribution in [0.4, 0.5) is 0 Å². The fourth-order valence-electron chi connectivity index (χ4n) is 3.31. The Morgan fingerprint density at radius 3 is 2.56 bits per heavy atom. The van der Waals surface area contributed by atoms with Gasteiger partial charge in [-0.3, -0.25) is 9.79 Å². The van der Waals surface area contributed by atoms with Crippen molar-refractivity contribution in [1.82, 2.24) is 10.2 Å². The number of carbonyl (C=O) groups excluding carboxylic acids is 1. The SMILES string of the molecule is CCNC(=NCC(C)c1ccccc1OC)N1CCC(C(=O)OC)CC1.I. The minimum absolute atomic E-state index is 0. The highest BCUT2D eigenvalue weighted by Gasteiger charge is 2.27. The summed E-state index contributed by atoms with van der Waals surface area (Å²) in [4.78, 5) is 18.8. The van der Waals surface area contributed by atoms with E-state index in [1.807, 2.05) is 18.2 Å². The number of piperidine rings is 1. The molecule has 1 saturated heterocycles. The fourth-order valence-corrected chi connectivity index (χ4v) is 3.31. The highest BCUT2D eigenvalue weighted by atomic mass is 127. The number of carbonyl (C=O) groups is 1. The largest absolute Gasteiger partial charge is 0.496 e. The molecule has 0 amide bonds. The molecule has 152 valence electrons. The molecule has 6 nitrogen and oxygen atoms in total. The second-order valence-corrected chi connectivity index (χ2v) is 6.62. The first kappa shape index (κ1) is 23.5. The molecule has 2 rings (SSSR count). The van der Waals surface area contributed by atoms with Crippen LogP contribution in [0.1, 0.15) is 38.2 Å². The van der Waals surface area contributed by atoms with E-state index in [2.05, 4.69) is 30.1 Å². The maximum absolute atomic E-state index is 11.7. The van der Waals surface area contributed by atoms with Gasteiger partial charge in [0, 0.05) is 32.1 Å². The van der Waals surface area contributed by atoms with E-state index < -0.39 is 0 Å². The van der Waals surface area contributed by atoms with Crippen molar-refractivity contribution in [1.29, 1.82) is 0 Å². The highest BCUT2D eigenvalue weighted by molar-refractivity contribution is 14.0. The standard InChI is InChI=1S/C20H31N3O3.HI/c1-5-21-20(23-12-10-16(11-13-23)19(24)26-4)22-14-15(2)17-8-6-7-9-18(17)25-3;/h6-9,15-16H,5,10-14H2,1-4H3,(H,21,22);1H. The van der Waals surface area contributed by atoms with E-state index in [0.29, 0.717) is 6.54 Å². The maximum Gasteiger partial charge on any atom is 0.308 e. The summed E-state index contributed by atoms with van der Waals surface area (Å²) in [5, 5.41) is 3.37. The summed E-state index contributed by atoms with van der Waals surface area (Å²) < 4.78 is 10.3. The summed E-state index contributed by atoms with van der Waals surface area (Å²) in [6, 6.07) is 8.08. The number of benzene rings is 1. The predicted octanol–water partition coefficient (Wildman–Crippen LogP) is 3.27. The smallest absolute Gasteiger partial charge is 0.308 e. The third kappa shape index (κ3) is 6.55. The molecular weight excluding hydrogens is 457 g/mol. The molecule has 1 heterocycles. The number of likely N-dealkylation sites (tertiary alicyclic amines) is 1. The summed E-state index contributed by atoms with van der Waals surface area (Å²) in [6.07, 6.45) is 1.61. The van der Waals surface area contributed by atoms with Crippen molar-refractivity contribution in [3.63, 3.8) is 0 Å². The number of methoxy groups -OCH3 is 2. The number of aliphatic imine (C=N–C) groups is 1. The van der Waals surface area contributed by atoms with Crippen LogP contribution >= 0.6 is 24.0 Å². The zero-order valence-electron chi connectivity index (χ0n) is 16.7. The lowest BCUT2D eigenvalue weighted by Gasteiger charge is -2.33. The topological polar surface area (TPSA) is 63.2 Å². The zero-order valence-corrected chi connectivity index (χ0v) is 19.1. The van der Waals surface area contributed by atoms with E-state index >= 15 is 0 Å². The van der Waals surface area contributed by atoms with E-state index in [1.165, 1.54) is 12.7 Å². The van der Waals surface area contributed by atoms with E-state index in [-0.39, 0.29) is 41.8 Å². The van der Waals surface area contributed by atoms with Gasteiger partial charge in [0.25, 0.3) is 0 Å². The molecule has 27 heavy (non-hydrogen) atoms. The van der Waals surface area contributed by atoms with Gasteiger partial charge in [-0.25, -0.2) is 0 Å². The number of nitrogens with zero attached hydrogens (tertiary/aromatic N) is 2. The number of halogens is 1. The minimum atomic E-state index is -0.101. The van der Waals surface area contributed by atoms with Gasteiger partial charge in [-0.1, -0.05) is 25.1 Å². The first-order valence-electron chi connectivity index (χ1n) is 9.34. The van der Waals surface area contributed by atoms with Gasteiger partial charge in [0.1, 0.15) is 5.75 Å². The average molecular weight is 489 g/mol. The zero-order chi connectivity index (χ0) is 18.9. The molecule has 1 atom stereocenters. The van der Waals surface area contributed by atoms with Crippen molar-refractivity contribution in [3.8, 4) is 5.75 Å². The molecule has 1 aromatic carbocycles. The molecule has 1 unspecified atom stereocenters. The first-order chi connectivity index (χ1) is 12.6. The lowest BCUT2D eigenvalue weighted by atomic mass is 9.97. The molecule has 1 aliphatic heterocycles. The summed E-state index contributed by atoms with van der Waals surface area (Å²) in [5.74, 6) is 1.98. The first-order valence-corrected chi connectivity index (χ1v) is 9.34. The normalized spacial score (nSPS) is 16.3. The lowest BCUT2D eigenvalue weighted by molar-refractivity contribution is -0.146. The number of hydrogen-bond donors (Lipinski definition) is 1. The van der Waals surface area contributed by atoms with Crippen molar-refractivity contribution in [2.45, 2.75) is 32.6 Å². The van der Waals surface area contributed by atoms with E-state index in [4.69, 9.17) is 14.5 Å². The summed E-state index contributed by atoms with van der Waals surface area (Å²) in [5.41, 5.74) is 1.17. The van der Waals surface area contributed by atoms with Crippen molar-refractivity contribution in [2.75, 3.05) is 40.4 Å². The van der Waals surface area contributed by atoms with E-state index in [9.17, 15) is 4.79 Å². The van der Waals surface area contributed by atoms with Crippen molar-refractivity contribution < 1.29 is 14.3 Å². The molecule has 1 N–H and O–H groups in total. The second kappa shape index (κ2) is 12.0. The van der Waals surface area contributed by atoms with Gasteiger partial charge in [-0.15, -0.1) is 24.0 Å². The van der Waals surface area contributed by atoms with Gasteiger partial charge >= 0.3 is 5.97 Å². The molecule has 0 aliphatic carbocycles. The van der Waals surface area contributed by atoms with Crippen LogP contribution in [-0.2, 0) is 9.53 Å². The average Bonchev–Trinajstić information content (AvgIpc) is 2.70. The van der Waals surface area contributed by atoms with Crippen LogP contribution in [0.15, 0.2) is 29.3 Å². The van der Waals surface area contributed by atoms with Crippen LogP contribution in [0.5, 0.6) is 5.75 Å². The molecule has 0 bridgehead atoms. The van der Waals surface area contributed by atoms with Gasteiger partial charge in [-0.05, 0) is 31.4 Å². The number of nitrogens with one attached hydrogen (secondary N) is 1. The lowest BCUT2D eigenvalue weighted by Crippen LogP contribution is -2.46. The number of esters is 1. The van der Waals surface area contributed by atoms with Gasteiger partial charge in [0.2, 0.25) is 0 Å². The second-order valence-electron chi connectivity index (χ2n) is 6.62. The van der Waals surface area contributed by atoms with Gasteiger partial charge in [0.15, 0.2) is 5.96 Å². The van der Waals surface area contributed by atoms with E-state index in [0.717, 1.165) is 44.2 Å². The number of para-hydroxylation sites is 1. The Hall–Kier alpha value is -1.51. The Morgan fingerprint density at radius 2 is 1.96 bits per heavy atom. The van der Waals surface area contributed by atoms with Crippen LogP contribution in [0.2, 0.25) is 0 Å². The van der Waals surface area contributed by atoms with Gasteiger partial charge in [0.05, 0.1) is 20.1 Å². The number of ether oxygens (including phenoxy) is 2. The Bertz CT molecular complexity index is 616. The molecule has 1 fully saturated rings. The Labute approximate surface area is 179 Å². The van der Waals surface area contributed by atoms with Crippen LogP contribution in [0, 0.1) is 5.92 Å². The Balaban J connectivity index is 0.00000364. The molecular formula is C20H32IN3O3. The molecule has 0 saturated carbocycles. The maximum atomic E-state index is 11.7. The molecule has 0 aromatic heterocycles. The van der Waals surface area contributed by atoms with Crippen LogP contribution in [-0.4, -0.2) is 57.2 Å². The highest BCUT2D eigenvalue weighted by Crippen LogP contribution is 2.26. The van der Waals surface area contributed by atoms with Gasteiger partial charge < -0.3 is 19.7 Å². The molecule has 1 aliphatic rings. The monoisotopic (exact) mass is 489 g/mol. The minimum Gasteiger partial charge on any atom is -0.496 e. The molecule has 0 radical (unpaired) electrons. The van der Waals surface area contributed by atoms with Crippen LogP contribution < -0.4 is 10.1 Å². The van der Waals surface area contributed by atoms with Crippen LogP contribution in [0.3, 0.4) is 0 Å². The summed E-state index contributed by atoms with van der Waals surface area (Å²) >= 11 is 0. The van der Waals surface area contributed by atoms with E-state index in [1.54, 1.807) is 7.11 Å². The number of rotatable bonds is 6. The Kier molecular flexibility index (Phi) is 10.5. The van der Waals surface area contributed by atoms with Crippen molar-refractivity contribution in [3.05, 3.63) is 29.8 Å². The van der Waals surface area contributed by atoms with Gasteiger partial charge in [-0.2, -0.15) is 0 Å². The summed E-state index contributed by atoms with van der Waals surface area (Å²) in [7, 11) is 3.16. The number of hydrogen-bond acceptors (Lipinski definition) is 4. The predicted molar refractivity (Wildman–Crippen MR) is 119 cm³/mol. The van der Waals surface area contributed by atoms with Crippen LogP contribution in [0.25, 0.3) is 0 Å². The Morgan fingerprint density at radius 1 is 1.30 bits per heavy atom. The number of guanidine groups is 1. The third-order valence-electron chi connectivity index (χ3n) is 4.85. The van der Waals surface area contributed by atoms with Crippen molar-refractivity contribution in [2.24, 2.45) is 10.9 Å². The summed E-state index contributed by atoms with van der Waals surface area (Å²) in [6.45, 7) is 7.36. The molecule has 1 aromatic rings. The third-order valence-corrected chi connectivity index (χ3v) is 4.85. The van der Waals surface area contributed by atoms with Crippen molar-refractivity contribution >= 4 is 35.9 Å². The fraction of sp³-hybridized carbons (Fsp3) is 0.600. The molecule has 7 heteroatoms. The molecule has 0 spiro atoms.